The SMILES string of the molecule is CCCCC(C(=O)O)C(CCCC)C(=O)O.N.N.N.N.N.OB(O)O. The molecule has 12 nitrogen and oxygen atoms in total. The number of carbonyl (C=O) groups is 2. The molecule has 0 saturated carbocycles. The van der Waals surface area contributed by atoms with Gasteiger partial charge in [0.2, 0.25) is 0 Å². The van der Waals surface area contributed by atoms with Crippen LogP contribution in [0.4, 0.5) is 0 Å². The Morgan fingerprint density at radius 2 is 0.920 bits per heavy atom. The van der Waals surface area contributed by atoms with E-state index in [0.717, 1.165) is 25.7 Å². The van der Waals surface area contributed by atoms with Crippen LogP contribution >= 0.6 is 0 Å². The summed E-state index contributed by atoms with van der Waals surface area (Å²) in [5, 5.41) is 39.6. The lowest BCUT2D eigenvalue weighted by atomic mass is 9.84. The minimum Gasteiger partial charge on any atom is -0.481 e. The van der Waals surface area contributed by atoms with Gasteiger partial charge in [-0.05, 0) is 12.8 Å². The fourth-order valence-corrected chi connectivity index (χ4v) is 1.84. The van der Waals surface area contributed by atoms with E-state index in [1.807, 2.05) is 13.8 Å². The number of aliphatic carboxylic acids is 2. The summed E-state index contributed by atoms with van der Waals surface area (Å²) in [6, 6.07) is 0. The van der Waals surface area contributed by atoms with Gasteiger partial charge in [-0.15, -0.1) is 0 Å². The number of carboxylic acids is 2. The lowest BCUT2D eigenvalue weighted by molar-refractivity contribution is -0.154. The minimum atomic E-state index is -2.17. The van der Waals surface area contributed by atoms with Crippen LogP contribution in [0.3, 0.4) is 0 Å². The fraction of sp³-hybridized carbons (Fsp3) is 0.833. The van der Waals surface area contributed by atoms with Crippen molar-refractivity contribution in [3.8, 4) is 0 Å². The molecule has 0 saturated heterocycles. The molecular weight excluding hydrogens is 337 g/mol. The van der Waals surface area contributed by atoms with E-state index >= 15 is 0 Å². The van der Waals surface area contributed by atoms with E-state index in [0.29, 0.717) is 12.8 Å². The first kappa shape index (κ1) is 43.8. The van der Waals surface area contributed by atoms with E-state index in [2.05, 4.69) is 0 Å². The molecule has 0 aliphatic carbocycles. The van der Waals surface area contributed by atoms with E-state index in [4.69, 9.17) is 25.3 Å². The highest BCUT2D eigenvalue weighted by Gasteiger charge is 2.32. The summed E-state index contributed by atoms with van der Waals surface area (Å²) in [4.78, 5) is 22.1. The normalized spacial score (nSPS) is 10.3. The van der Waals surface area contributed by atoms with E-state index in [9.17, 15) is 9.59 Å². The molecule has 0 aliphatic rings. The molecule has 0 aliphatic heterocycles. The van der Waals surface area contributed by atoms with Crippen molar-refractivity contribution in [2.75, 3.05) is 0 Å². The number of unbranched alkanes of at least 4 members (excludes halogenated alkanes) is 2. The molecule has 0 aromatic rings. The van der Waals surface area contributed by atoms with E-state index in [1.165, 1.54) is 0 Å². The summed E-state index contributed by atoms with van der Waals surface area (Å²) >= 11 is 0. The average molecular weight is 377 g/mol. The van der Waals surface area contributed by atoms with Crippen LogP contribution in [0.1, 0.15) is 52.4 Å². The van der Waals surface area contributed by atoms with Crippen molar-refractivity contribution in [3.63, 3.8) is 0 Å². The average Bonchev–Trinajstić information content (AvgIpc) is 2.31. The van der Waals surface area contributed by atoms with Gasteiger partial charge in [0, 0.05) is 0 Å². The molecule has 13 heteroatoms. The lowest BCUT2D eigenvalue weighted by Crippen LogP contribution is -2.29. The van der Waals surface area contributed by atoms with Gasteiger partial charge in [-0.1, -0.05) is 39.5 Å². The highest BCUT2D eigenvalue weighted by molar-refractivity contribution is 6.30. The third-order valence-electron chi connectivity index (χ3n) is 2.86. The van der Waals surface area contributed by atoms with Gasteiger partial charge in [0.1, 0.15) is 0 Å². The molecule has 0 radical (unpaired) electrons. The van der Waals surface area contributed by atoms with Crippen molar-refractivity contribution in [3.05, 3.63) is 0 Å². The molecule has 0 aromatic heterocycles. The quantitative estimate of drug-likeness (QED) is 0.255. The second-order valence-electron chi connectivity index (χ2n) is 4.52. The Morgan fingerprint density at radius 1 is 0.720 bits per heavy atom. The highest BCUT2D eigenvalue weighted by Crippen LogP contribution is 2.24. The van der Waals surface area contributed by atoms with E-state index < -0.39 is 31.1 Å². The van der Waals surface area contributed by atoms with Crippen molar-refractivity contribution in [1.29, 1.82) is 0 Å². The molecular formula is C12H40BN5O7. The summed E-state index contributed by atoms with van der Waals surface area (Å²) in [5.74, 6) is -3.41. The van der Waals surface area contributed by atoms with E-state index in [-0.39, 0.29) is 30.8 Å². The maximum Gasteiger partial charge on any atom is 0.631 e. The van der Waals surface area contributed by atoms with Crippen molar-refractivity contribution < 1.29 is 34.9 Å². The predicted octanol–water partition coefficient (Wildman–Crippen LogP) is 1.53. The Kier molecular flexibility index (Phi) is 48.2. The van der Waals surface area contributed by atoms with Gasteiger partial charge in [-0.2, -0.15) is 0 Å². The molecule has 0 rings (SSSR count). The van der Waals surface area contributed by atoms with Crippen molar-refractivity contribution in [1.82, 2.24) is 30.8 Å². The Hall–Kier alpha value is -1.32. The first-order valence-electron chi connectivity index (χ1n) is 6.77. The fourth-order valence-electron chi connectivity index (χ4n) is 1.84. The van der Waals surface area contributed by atoms with Crippen molar-refractivity contribution in [2.24, 2.45) is 11.8 Å². The van der Waals surface area contributed by atoms with Crippen molar-refractivity contribution >= 4 is 19.3 Å². The van der Waals surface area contributed by atoms with Gasteiger partial charge >= 0.3 is 19.3 Å². The molecule has 0 bridgehead atoms. The van der Waals surface area contributed by atoms with Gasteiger partial charge in [-0.25, -0.2) is 0 Å². The smallest absolute Gasteiger partial charge is 0.481 e. The topological polar surface area (TPSA) is 310 Å². The summed E-state index contributed by atoms with van der Waals surface area (Å²) in [6.45, 7) is 3.95. The molecule has 0 amide bonds. The third-order valence-corrected chi connectivity index (χ3v) is 2.86. The zero-order valence-corrected chi connectivity index (χ0v) is 15.6. The Morgan fingerprint density at radius 3 is 1.04 bits per heavy atom. The molecule has 0 fully saturated rings. The standard InChI is InChI=1S/C12H22O4.BH3O3.5H3N/c1-3-5-7-9(11(13)14)10(12(15)16)8-6-4-2;2-1(3)4;;;;;/h9-10H,3-8H2,1-2H3,(H,13,14)(H,15,16);2-4H;5*1H3. The first-order chi connectivity index (χ1) is 9.27. The molecule has 25 heavy (non-hydrogen) atoms. The second-order valence-corrected chi connectivity index (χ2v) is 4.52. The van der Waals surface area contributed by atoms with Gasteiger partial charge in [0.05, 0.1) is 11.8 Å². The van der Waals surface area contributed by atoms with Crippen LogP contribution in [0.2, 0.25) is 0 Å². The molecule has 0 heterocycles. The second kappa shape index (κ2) is 27.5. The van der Waals surface area contributed by atoms with Gasteiger partial charge in [-0.3, -0.25) is 9.59 Å². The summed E-state index contributed by atoms with van der Waals surface area (Å²) < 4.78 is 0. The molecule has 20 N–H and O–H groups in total. The van der Waals surface area contributed by atoms with Crippen LogP contribution in [0.5, 0.6) is 0 Å². The Balaban J connectivity index is -0.0000000651. The van der Waals surface area contributed by atoms with Gasteiger partial charge in [0.25, 0.3) is 0 Å². The van der Waals surface area contributed by atoms with Crippen LogP contribution in [0.25, 0.3) is 0 Å². The Labute approximate surface area is 150 Å². The monoisotopic (exact) mass is 377 g/mol. The zero-order chi connectivity index (χ0) is 16.1. The maximum absolute atomic E-state index is 11.1. The van der Waals surface area contributed by atoms with Gasteiger partial charge in [0.15, 0.2) is 0 Å². The predicted molar refractivity (Wildman–Crippen MR) is 98.8 cm³/mol. The van der Waals surface area contributed by atoms with Crippen molar-refractivity contribution in [2.45, 2.75) is 52.4 Å². The van der Waals surface area contributed by atoms with Crippen LogP contribution in [0.15, 0.2) is 0 Å². The van der Waals surface area contributed by atoms with Gasteiger partial charge < -0.3 is 56.0 Å². The molecule has 158 valence electrons. The lowest BCUT2D eigenvalue weighted by Gasteiger charge is -2.19. The van der Waals surface area contributed by atoms with Crippen LogP contribution in [-0.2, 0) is 9.59 Å². The van der Waals surface area contributed by atoms with Crippen LogP contribution in [0, 0.1) is 11.8 Å². The number of hydrogen-bond donors (Lipinski definition) is 10. The zero-order valence-electron chi connectivity index (χ0n) is 15.6. The largest absolute Gasteiger partial charge is 0.631 e. The summed E-state index contributed by atoms with van der Waals surface area (Å²) in [7, 11) is -2.17. The van der Waals surface area contributed by atoms with E-state index in [1.54, 1.807) is 0 Å². The molecule has 2 unspecified atom stereocenters. The number of carboxylic acid groups (broad SMARTS) is 2. The summed E-state index contributed by atoms with van der Waals surface area (Å²) in [6.07, 6.45) is 4.26. The third kappa shape index (κ3) is 27.8. The maximum atomic E-state index is 11.1. The number of rotatable bonds is 9. The Bertz CT molecular complexity index is 262. The molecule has 2 atom stereocenters. The minimum absolute atomic E-state index is 0. The summed E-state index contributed by atoms with van der Waals surface area (Å²) in [5.41, 5.74) is 0. The highest BCUT2D eigenvalue weighted by atomic mass is 16.5. The number of hydrogen-bond acceptors (Lipinski definition) is 10. The van der Waals surface area contributed by atoms with Crippen LogP contribution in [-0.4, -0.2) is 44.5 Å². The molecule has 0 aromatic carbocycles. The molecule has 0 spiro atoms. The first-order valence-corrected chi connectivity index (χ1v) is 6.77. The van der Waals surface area contributed by atoms with Crippen LogP contribution < -0.4 is 30.8 Å².